The van der Waals surface area contributed by atoms with Crippen LogP contribution in [0.5, 0.6) is 0 Å². The summed E-state index contributed by atoms with van der Waals surface area (Å²) < 4.78 is 6.95. The fraction of sp³-hybridized carbons (Fsp3) is 0.667. The van der Waals surface area contributed by atoms with E-state index in [-0.39, 0.29) is 0 Å². The lowest BCUT2D eigenvalue weighted by Gasteiger charge is -2.32. The number of hydrogen-bond donors (Lipinski definition) is 0. The standard InChI is InChI=1S/C18H33N2O/c1-6-19(18-11-9-10-17(4)16-18)12-14-21-15-13-20(5,7-2)8-3/h9-11,16H,6-8,12-15H2,1-5H3/q+1. The van der Waals surface area contributed by atoms with E-state index in [2.05, 4.69) is 63.9 Å². The van der Waals surface area contributed by atoms with E-state index in [9.17, 15) is 0 Å². The number of likely N-dealkylation sites (N-methyl/N-ethyl adjacent to an activating group) is 2. The number of ether oxygens (including phenoxy) is 1. The number of hydrogen-bond acceptors (Lipinski definition) is 2. The van der Waals surface area contributed by atoms with Crippen LogP contribution in [-0.4, -0.2) is 57.5 Å². The highest BCUT2D eigenvalue weighted by Crippen LogP contribution is 2.15. The quantitative estimate of drug-likeness (QED) is 0.485. The van der Waals surface area contributed by atoms with Crippen molar-refractivity contribution >= 4 is 5.69 Å². The molecule has 0 bridgehead atoms. The van der Waals surface area contributed by atoms with E-state index < -0.39 is 0 Å². The van der Waals surface area contributed by atoms with E-state index in [1.165, 1.54) is 24.3 Å². The van der Waals surface area contributed by atoms with Crippen molar-refractivity contribution in [2.45, 2.75) is 27.7 Å². The fourth-order valence-corrected chi connectivity index (χ4v) is 2.40. The molecule has 0 aliphatic rings. The van der Waals surface area contributed by atoms with Crippen LogP contribution < -0.4 is 4.90 Å². The van der Waals surface area contributed by atoms with Crippen LogP contribution in [0.1, 0.15) is 26.3 Å². The number of nitrogens with zero attached hydrogens (tertiary/aromatic N) is 2. The second kappa shape index (κ2) is 9.06. The third kappa shape index (κ3) is 6.06. The van der Waals surface area contributed by atoms with E-state index >= 15 is 0 Å². The second-order valence-corrected chi connectivity index (χ2v) is 6.01. The van der Waals surface area contributed by atoms with Crippen molar-refractivity contribution in [3.05, 3.63) is 29.8 Å². The van der Waals surface area contributed by atoms with Gasteiger partial charge in [0, 0.05) is 18.8 Å². The Hall–Kier alpha value is -1.06. The topological polar surface area (TPSA) is 12.5 Å². The molecule has 21 heavy (non-hydrogen) atoms. The van der Waals surface area contributed by atoms with Gasteiger partial charge in [0.2, 0.25) is 0 Å². The largest absolute Gasteiger partial charge is 0.374 e. The van der Waals surface area contributed by atoms with Crippen LogP contribution in [0.15, 0.2) is 24.3 Å². The lowest BCUT2D eigenvalue weighted by atomic mass is 10.2. The maximum atomic E-state index is 5.86. The summed E-state index contributed by atoms with van der Waals surface area (Å²) in [6.45, 7) is 15.9. The average molecular weight is 293 g/mol. The minimum Gasteiger partial charge on any atom is -0.374 e. The molecule has 0 atom stereocenters. The van der Waals surface area contributed by atoms with Gasteiger partial charge in [0.1, 0.15) is 6.54 Å². The third-order valence-electron chi connectivity index (χ3n) is 4.56. The first-order chi connectivity index (χ1) is 10.0. The van der Waals surface area contributed by atoms with Gasteiger partial charge in [-0.3, -0.25) is 0 Å². The van der Waals surface area contributed by atoms with Gasteiger partial charge in [0.05, 0.1) is 33.4 Å². The third-order valence-corrected chi connectivity index (χ3v) is 4.56. The Kier molecular flexibility index (Phi) is 7.76. The molecule has 0 unspecified atom stereocenters. The Morgan fingerprint density at radius 2 is 1.81 bits per heavy atom. The predicted molar refractivity (Wildman–Crippen MR) is 92.0 cm³/mol. The van der Waals surface area contributed by atoms with Gasteiger partial charge in [-0.2, -0.15) is 0 Å². The van der Waals surface area contributed by atoms with Crippen LogP contribution in [0.4, 0.5) is 5.69 Å². The highest BCUT2D eigenvalue weighted by atomic mass is 16.5. The molecule has 1 aromatic rings. The first kappa shape index (κ1) is 18.0. The summed E-state index contributed by atoms with van der Waals surface area (Å²) in [5, 5.41) is 0. The average Bonchev–Trinajstić information content (AvgIpc) is 2.50. The van der Waals surface area contributed by atoms with Gasteiger partial charge < -0.3 is 14.1 Å². The smallest absolute Gasteiger partial charge is 0.102 e. The molecule has 120 valence electrons. The van der Waals surface area contributed by atoms with Crippen LogP contribution in [0.3, 0.4) is 0 Å². The molecule has 3 heteroatoms. The van der Waals surface area contributed by atoms with Gasteiger partial charge in [-0.1, -0.05) is 12.1 Å². The molecule has 0 aromatic heterocycles. The van der Waals surface area contributed by atoms with Crippen molar-refractivity contribution in [2.24, 2.45) is 0 Å². The van der Waals surface area contributed by atoms with E-state index in [4.69, 9.17) is 4.74 Å². The maximum Gasteiger partial charge on any atom is 0.102 e. The van der Waals surface area contributed by atoms with Crippen LogP contribution in [0.2, 0.25) is 0 Å². The van der Waals surface area contributed by atoms with Crippen molar-refractivity contribution < 1.29 is 9.22 Å². The van der Waals surface area contributed by atoms with E-state index in [1.807, 2.05) is 0 Å². The summed E-state index contributed by atoms with van der Waals surface area (Å²) in [5.74, 6) is 0. The molecular formula is C18H33N2O+. The number of benzene rings is 1. The molecule has 0 heterocycles. The highest BCUT2D eigenvalue weighted by Gasteiger charge is 2.15. The fourth-order valence-electron chi connectivity index (χ4n) is 2.40. The summed E-state index contributed by atoms with van der Waals surface area (Å²) in [6.07, 6.45) is 0. The van der Waals surface area contributed by atoms with Crippen molar-refractivity contribution in [2.75, 3.05) is 57.9 Å². The van der Waals surface area contributed by atoms with Crippen molar-refractivity contribution in [1.82, 2.24) is 0 Å². The minimum atomic E-state index is 0.801. The molecule has 0 saturated heterocycles. The number of aryl methyl sites for hydroxylation is 1. The van der Waals surface area contributed by atoms with Crippen LogP contribution >= 0.6 is 0 Å². The first-order valence-electron chi connectivity index (χ1n) is 8.27. The SMILES string of the molecule is CCN(CCOCC[N+](C)(CC)CC)c1cccc(C)c1. The summed E-state index contributed by atoms with van der Waals surface area (Å²) in [4.78, 5) is 2.38. The molecule has 0 radical (unpaired) electrons. The summed E-state index contributed by atoms with van der Waals surface area (Å²) in [6, 6.07) is 8.69. The Bertz CT molecular complexity index is 402. The summed E-state index contributed by atoms with van der Waals surface area (Å²) in [7, 11) is 2.30. The Morgan fingerprint density at radius 1 is 1.10 bits per heavy atom. The molecule has 1 aromatic carbocycles. The lowest BCUT2D eigenvalue weighted by molar-refractivity contribution is -0.906. The molecule has 1 rings (SSSR count). The van der Waals surface area contributed by atoms with Crippen molar-refractivity contribution in [3.8, 4) is 0 Å². The van der Waals surface area contributed by atoms with Crippen molar-refractivity contribution in [3.63, 3.8) is 0 Å². The van der Waals surface area contributed by atoms with Gasteiger partial charge in [-0.25, -0.2) is 0 Å². The molecular weight excluding hydrogens is 260 g/mol. The van der Waals surface area contributed by atoms with Crippen molar-refractivity contribution in [1.29, 1.82) is 0 Å². The maximum absolute atomic E-state index is 5.86. The molecule has 3 nitrogen and oxygen atoms in total. The molecule has 0 spiro atoms. The van der Waals surface area contributed by atoms with Crippen LogP contribution in [0, 0.1) is 6.92 Å². The normalized spacial score (nSPS) is 11.7. The second-order valence-electron chi connectivity index (χ2n) is 6.01. The van der Waals surface area contributed by atoms with Gasteiger partial charge in [0.15, 0.2) is 0 Å². The number of anilines is 1. The minimum absolute atomic E-state index is 0.801. The van der Waals surface area contributed by atoms with Gasteiger partial charge in [-0.05, 0) is 45.4 Å². The first-order valence-corrected chi connectivity index (χ1v) is 8.27. The number of rotatable bonds is 10. The zero-order chi connectivity index (χ0) is 15.7. The highest BCUT2D eigenvalue weighted by molar-refractivity contribution is 5.48. The number of quaternary nitrogens is 1. The molecule has 0 aliphatic heterocycles. The van der Waals surface area contributed by atoms with Gasteiger partial charge in [0.25, 0.3) is 0 Å². The van der Waals surface area contributed by atoms with E-state index in [0.29, 0.717) is 0 Å². The molecule has 0 N–H and O–H groups in total. The van der Waals surface area contributed by atoms with Gasteiger partial charge >= 0.3 is 0 Å². The Balaban J connectivity index is 2.33. The molecule has 0 saturated carbocycles. The van der Waals surface area contributed by atoms with Crippen LogP contribution in [-0.2, 0) is 4.74 Å². The van der Waals surface area contributed by atoms with E-state index in [0.717, 1.165) is 37.3 Å². The zero-order valence-electron chi connectivity index (χ0n) is 14.6. The summed E-state index contributed by atoms with van der Waals surface area (Å²) >= 11 is 0. The predicted octanol–water partition coefficient (Wildman–Crippen LogP) is 3.32. The monoisotopic (exact) mass is 293 g/mol. The van der Waals surface area contributed by atoms with E-state index in [1.54, 1.807) is 0 Å². The van der Waals surface area contributed by atoms with Crippen LogP contribution in [0.25, 0.3) is 0 Å². The molecule has 0 amide bonds. The molecule has 0 aliphatic carbocycles. The van der Waals surface area contributed by atoms with Gasteiger partial charge in [-0.15, -0.1) is 0 Å². The summed E-state index contributed by atoms with van der Waals surface area (Å²) in [5.41, 5.74) is 2.61. The zero-order valence-corrected chi connectivity index (χ0v) is 14.6. The lowest BCUT2D eigenvalue weighted by Crippen LogP contribution is -2.46. The Morgan fingerprint density at radius 3 is 2.38 bits per heavy atom. The Labute approximate surface area is 131 Å². The molecule has 0 fully saturated rings.